The van der Waals surface area contributed by atoms with Crippen LogP contribution in [0.3, 0.4) is 0 Å². The molecule has 0 radical (unpaired) electrons. The van der Waals surface area contributed by atoms with Crippen LogP contribution < -0.4 is 11.1 Å². The lowest BCUT2D eigenvalue weighted by Crippen LogP contribution is -2.29. The number of aromatic nitrogens is 1. The standard InChI is InChI=1S/C9H10ClN3O/c10-8-5(2-1-3-12-8)9(14)13-7-4-6(7)11/h1-3,6-7H,4,11H2,(H,13,14). The molecule has 2 rings (SSSR count). The molecule has 1 aromatic rings. The molecule has 74 valence electrons. The number of carbonyl (C=O) groups is 1. The first-order valence-electron chi connectivity index (χ1n) is 4.35. The first-order chi connectivity index (χ1) is 6.68. The van der Waals surface area contributed by atoms with E-state index in [1.54, 1.807) is 18.3 Å². The third-order valence-corrected chi connectivity index (χ3v) is 2.46. The summed E-state index contributed by atoms with van der Waals surface area (Å²) in [5.74, 6) is -0.207. The predicted molar refractivity (Wildman–Crippen MR) is 53.1 cm³/mol. The number of pyridine rings is 1. The lowest BCUT2D eigenvalue weighted by atomic mass is 10.2. The lowest BCUT2D eigenvalue weighted by Gasteiger charge is -2.04. The van der Waals surface area contributed by atoms with E-state index in [0.29, 0.717) is 5.56 Å². The van der Waals surface area contributed by atoms with Crippen molar-refractivity contribution in [2.75, 3.05) is 0 Å². The molecular formula is C9H10ClN3O. The quantitative estimate of drug-likeness (QED) is 0.703. The Kier molecular flexibility index (Phi) is 2.39. The summed E-state index contributed by atoms with van der Waals surface area (Å²) in [5.41, 5.74) is 5.96. The van der Waals surface area contributed by atoms with Gasteiger partial charge in [-0.1, -0.05) is 11.6 Å². The van der Waals surface area contributed by atoms with Gasteiger partial charge in [-0.3, -0.25) is 4.79 Å². The molecule has 2 atom stereocenters. The molecule has 1 aliphatic carbocycles. The normalized spacial score (nSPS) is 24.4. The van der Waals surface area contributed by atoms with Crippen molar-refractivity contribution < 1.29 is 4.79 Å². The Morgan fingerprint density at radius 3 is 3.00 bits per heavy atom. The van der Waals surface area contributed by atoms with Crippen LogP contribution in [0.15, 0.2) is 18.3 Å². The largest absolute Gasteiger partial charge is 0.348 e. The molecule has 2 unspecified atom stereocenters. The number of rotatable bonds is 2. The summed E-state index contributed by atoms with van der Waals surface area (Å²) >= 11 is 5.76. The summed E-state index contributed by atoms with van der Waals surface area (Å²) in [6, 6.07) is 3.50. The maximum absolute atomic E-state index is 11.6. The van der Waals surface area contributed by atoms with Gasteiger partial charge in [-0.25, -0.2) is 4.98 Å². The molecule has 4 nitrogen and oxygen atoms in total. The molecule has 0 aromatic carbocycles. The average Bonchev–Trinajstić information content (AvgIpc) is 2.82. The maximum Gasteiger partial charge on any atom is 0.254 e. The number of amides is 1. The van der Waals surface area contributed by atoms with E-state index in [2.05, 4.69) is 10.3 Å². The molecule has 1 aliphatic rings. The lowest BCUT2D eigenvalue weighted by molar-refractivity contribution is 0.0950. The van der Waals surface area contributed by atoms with E-state index >= 15 is 0 Å². The SMILES string of the molecule is NC1CC1NC(=O)c1cccnc1Cl. The molecule has 1 fully saturated rings. The van der Waals surface area contributed by atoms with Crippen LogP contribution in [0, 0.1) is 0 Å². The van der Waals surface area contributed by atoms with Crippen molar-refractivity contribution >= 4 is 17.5 Å². The summed E-state index contributed by atoms with van der Waals surface area (Å²) in [6.07, 6.45) is 2.38. The van der Waals surface area contributed by atoms with E-state index in [1.807, 2.05) is 0 Å². The number of nitrogens with two attached hydrogens (primary N) is 1. The molecule has 0 spiro atoms. The molecule has 3 N–H and O–H groups in total. The monoisotopic (exact) mass is 211 g/mol. The first kappa shape index (κ1) is 9.43. The number of hydrogen-bond donors (Lipinski definition) is 2. The van der Waals surface area contributed by atoms with Crippen LogP contribution in [0.2, 0.25) is 5.15 Å². The Bertz CT molecular complexity index is 369. The molecule has 5 heteroatoms. The Morgan fingerprint density at radius 1 is 1.71 bits per heavy atom. The van der Waals surface area contributed by atoms with E-state index in [1.165, 1.54) is 0 Å². The van der Waals surface area contributed by atoms with Crippen molar-refractivity contribution in [2.45, 2.75) is 18.5 Å². The minimum absolute atomic E-state index is 0.0920. The smallest absolute Gasteiger partial charge is 0.254 e. The zero-order chi connectivity index (χ0) is 10.1. The van der Waals surface area contributed by atoms with Crippen molar-refractivity contribution in [1.82, 2.24) is 10.3 Å². The van der Waals surface area contributed by atoms with Gasteiger partial charge in [0.1, 0.15) is 5.15 Å². The second kappa shape index (κ2) is 3.55. The van der Waals surface area contributed by atoms with Crippen LogP contribution in [0.1, 0.15) is 16.8 Å². The van der Waals surface area contributed by atoms with Gasteiger partial charge in [-0.15, -0.1) is 0 Å². The fourth-order valence-electron chi connectivity index (χ4n) is 1.18. The summed E-state index contributed by atoms with van der Waals surface area (Å²) in [7, 11) is 0. The van der Waals surface area contributed by atoms with Crippen LogP contribution >= 0.6 is 11.6 Å². The highest BCUT2D eigenvalue weighted by atomic mass is 35.5. The first-order valence-corrected chi connectivity index (χ1v) is 4.73. The summed E-state index contributed by atoms with van der Waals surface area (Å²) in [5, 5.41) is 2.99. The van der Waals surface area contributed by atoms with Crippen molar-refractivity contribution in [3.8, 4) is 0 Å². The number of carbonyl (C=O) groups excluding carboxylic acids is 1. The van der Waals surface area contributed by atoms with Gasteiger partial charge in [-0.2, -0.15) is 0 Å². The topological polar surface area (TPSA) is 68.0 Å². The molecular weight excluding hydrogens is 202 g/mol. The van der Waals surface area contributed by atoms with Gasteiger partial charge < -0.3 is 11.1 Å². The number of nitrogens with one attached hydrogen (secondary N) is 1. The number of halogens is 1. The van der Waals surface area contributed by atoms with Crippen molar-refractivity contribution in [3.05, 3.63) is 29.0 Å². The van der Waals surface area contributed by atoms with E-state index in [0.717, 1.165) is 6.42 Å². The van der Waals surface area contributed by atoms with Crippen LogP contribution in [0.5, 0.6) is 0 Å². The highest BCUT2D eigenvalue weighted by Gasteiger charge is 2.35. The minimum atomic E-state index is -0.207. The average molecular weight is 212 g/mol. The fraction of sp³-hybridized carbons (Fsp3) is 0.333. The Labute approximate surface area is 86.5 Å². The predicted octanol–water partition coefficient (Wildman–Crippen LogP) is 0.564. The van der Waals surface area contributed by atoms with E-state index in [4.69, 9.17) is 17.3 Å². The van der Waals surface area contributed by atoms with Crippen molar-refractivity contribution in [3.63, 3.8) is 0 Å². The van der Waals surface area contributed by atoms with Gasteiger partial charge in [0.25, 0.3) is 5.91 Å². The third kappa shape index (κ3) is 1.86. The van der Waals surface area contributed by atoms with Crippen molar-refractivity contribution in [1.29, 1.82) is 0 Å². The van der Waals surface area contributed by atoms with E-state index in [-0.39, 0.29) is 23.1 Å². The van der Waals surface area contributed by atoms with Crippen LogP contribution in [-0.4, -0.2) is 23.0 Å². The van der Waals surface area contributed by atoms with Gasteiger partial charge in [0.15, 0.2) is 0 Å². The number of hydrogen-bond acceptors (Lipinski definition) is 3. The minimum Gasteiger partial charge on any atom is -0.348 e. The maximum atomic E-state index is 11.6. The van der Waals surface area contributed by atoms with Gasteiger partial charge in [-0.05, 0) is 18.6 Å². The Balaban J connectivity index is 2.07. The Hall–Kier alpha value is -1.13. The Morgan fingerprint density at radius 2 is 2.43 bits per heavy atom. The summed E-state index contributed by atoms with van der Waals surface area (Å²) in [4.78, 5) is 15.4. The zero-order valence-corrected chi connectivity index (χ0v) is 8.16. The summed E-state index contributed by atoms with van der Waals surface area (Å²) < 4.78 is 0. The molecule has 0 bridgehead atoms. The molecule has 1 amide bonds. The number of nitrogens with zero attached hydrogens (tertiary/aromatic N) is 1. The fourth-order valence-corrected chi connectivity index (χ4v) is 1.39. The van der Waals surface area contributed by atoms with Crippen molar-refractivity contribution in [2.24, 2.45) is 5.73 Å². The van der Waals surface area contributed by atoms with Gasteiger partial charge in [0.05, 0.1) is 5.56 Å². The molecule has 1 saturated carbocycles. The van der Waals surface area contributed by atoms with Crippen LogP contribution in [0.25, 0.3) is 0 Å². The zero-order valence-electron chi connectivity index (χ0n) is 7.40. The third-order valence-electron chi connectivity index (χ3n) is 2.16. The van der Waals surface area contributed by atoms with Crippen LogP contribution in [-0.2, 0) is 0 Å². The molecule has 14 heavy (non-hydrogen) atoms. The molecule has 1 aromatic heterocycles. The van der Waals surface area contributed by atoms with Crippen LogP contribution in [0.4, 0.5) is 0 Å². The second-order valence-electron chi connectivity index (χ2n) is 3.32. The molecule has 1 heterocycles. The second-order valence-corrected chi connectivity index (χ2v) is 3.68. The molecule has 0 aliphatic heterocycles. The molecule has 0 saturated heterocycles. The summed E-state index contributed by atoms with van der Waals surface area (Å²) in [6.45, 7) is 0. The van der Waals surface area contributed by atoms with E-state index < -0.39 is 0 Å². The highest BCUT2D eigenvalue weighted by molar-refractivity contribution is 6.32. The van der Waals surface area contributed by atoms with Gasteiger partial charge in [0, 0.05) is 18.3 Å². The van der Waals surface area contributed by atoms with Gasteiger partial charge in [0.2, 0.25) is 0 Å². The van der Waals surface area contributed by atoms with Gasteiger partial charge >= 0.3 is 0 Å². The van der Waals surface area contributed by atoms with E-state index in [9.17, 15) is 4.79 Å². The highest BCUT2D eigenvalue weighted by Crippen LogP contribution is 2.19.